The van der Waals surface area contributed by atoms with Gasteiger partial charge in [-0.3, -0.25) is 29.1 Å². The Morgan fingerprint density at radius 1 is 0.946 bits per heavy atom. The summed E-state index contributed by atoms with van der Waals surface area (Å²) < 4.78 is 18.8. The third-order valence-corrected chi connectivity index (χ3v) is 9.88. The van der Waals surface area contributed by atoms with E-state index in [2.05, 4.69) is 73.4 Å². The first-order chi connectivity index (χ1) is 27.1. The summed E-state index contributed by atoms with van der Waals surface area (Å²) in [7, 11) is -1.00. The summed E-state index contributed by atoms with van der Waals surface area (Å²) in [6, 6.07) is 17.7. The van der Waals surface area contributed by atoms with Crippen molar-refractivity contribution in [2.45, 2.75) is 34.4 Å². The van der Waals surface area contributed by atoms with E-state index in [9.17, 15) is 9.18 Å². The minimum Gasteiger partial charge on any atom is -0.384 e. The number of carbonyl (C=O) groups excluding carboxylic acids is 1. The number of pyridine rings is 5. The van der Waals surface area contributed by atoms with E-state index in [-0.39, 0.29) is 13.3 Å². The van der Waals surface area contributed by atoms with Gasteiger partial charge in [-0.25, -0.2) is 4.98 Å². The maximum absolute atomic E-state index is 13.2. The van der Waals surface area contributed by atoms with E-state index in [4.69, 9.17) is 18.7 Å². The van der Waals surface area contributed by atoms with Crippen molar-refractivity contribution in [1.82, 2.24) is 44.8 Å². The number of H-pyrrole nitrogens is 2. The number of fused-ring (bicyclic) bond motifs is 4. The van der Waals surface area contributed by atoms with Gasteiger partial charge in [0.2, 0.25) is 0 Å². The molecule has 9 rings (SSSR count). The van der Waals surface area contributed by atoms with E-state index in [0.29, 0.717) is 29.5 Å². The molecule has 286 valence electrons. The molecule has 0 aliphatic rings. The number of aromatic nitrogens is 8. The molecule has 56 heavy (non-hydrogen) atoms. The number of rotatable bonds is 5. The van der Waals surface area contributed by atoms with Gasteiger partial charge < -0.3 is 25.6 Å². The zero-order valence-electron chi connectivity index (χ0n) is 30.9. The molecule has 0 aliphatic carbocycles. The molecule has 0 atom stereocenters. The van der Waals surface area contributed by atoms with Crippen molar-refractivity contribution in [1.29, 1.82) is 0 Å². The molecule has 11 nitrogen and oxygen atoms in total. The van der Waals surface area contributed by atoms with Crippen molar-refractivity contribution < 1.29 is 10.6 Å². The zero-order chi connectivity index (χ0) is 39.6. The molecule has 0 bridgehead atoms. The Morgan fingerprint density at radius 3 is 2.43 bits per heavy atom. The Morgan fingerprint density at radius 2 is 1.68 bits per heavy atom. The molecule has 8 heterocycles. The predicted molar refractivity (Wildman–Crippen MR) is 234 cm³/mol. The second-order valence-corrected chi connectivity index (χ2v) is 14.0. The lowest BCUT2D eigenvalue weighted by molar-refractivity contribution is 0.0952. The lowest BCUT2D eigenvalue weighted by atomic mass is 10.1. The second-order valence-electron chi connectivity index (χ2n) is 12.4. The molecular weight excluding hydrogens is 842 g/mol. The molecule has 0 fully saturated rings. The third-order valence-electron chi connectivity index (χ3n) is 8.78. The number of aromatic amines is 2. The monoisotopic (exact) mass is 883 g/mol. The van der Waals surface area contributed by atoms with Crippen LogP contribution >= 0.6 is 34.2 Å². The van der Waals surface area contributed by atoms with Crippen molar-refractivity contribution in [3.05, 3.63) is 153 Å². The number of nitrogens with two attached hydrogens (primary N) is 1. The van der Waals surface area contributed by atoms with Crippen LogP contribution < -0.4 is 11.1 Å². The van der Waals surface area contributed by atoms with Crippen LogP contribution in [0.25, 0.3) is 43.6 Å². The fourth-order valence-electron chi connectivity index (χ4n) is 6.14. The van der Waals surface area contributed by atoms with Crippen LogP contribution in [0.3, 0.4) is 0 Å². The number of hydrogen-bond donors (Lipinski definition) is 4. The maximum atomic E-state index is 13.2. The zero-order valence-corrected chi connectivity index (χ0v) is 32.8. The lowest BCUT2D eigenvalue weighted by Crippen LogP contribution is -2.24. The molecule has 0 aliphatic heterocycles. The van der Waals surface area contributed by atoms with Crippen LogP contribution in [0.5, 0.6) is 0 Å². The molecule has 0 radical (unpaired) electrons. The molecule has 1 amide bonds. The van der Waals surface area contributed by atoms with E-state index in [1.54, 1.807) is 31.0 Å². The number of benzene rings is 1. The number of alkyl halides is 1. The molecule has 0 spiro atoms. The SMILES string of the molecule is C.Cc1cc(N)nc(C)c1CNC(=O)c1cn(Cc2ccc3ncc(Cl)cc3c2)c2ccncc12.Ic1c[nH]c2ccncc12.[2H]CF.c1cc2[nH]ccc2cn1. The Bertz CT molecular complexity index is 2700. The van der Waals surface area contributed by atoms with Crippen LogP contribution in [0.4, 0.5) is 10.2 Å². The number of hydrogen-bond acceptors (Lipinski definition) is 7. The fraction of sp³-hybridized carbons (Fsp3) is 0.143. The number of halogens is 3. The van der Waals surface area contributed by atoms with Crippen LogP contribution in [-0.2, 0) is 13.1 Å². The highest BCUT2D eigenvalue weighted by Crippen LogP contribution is 2.24. The standard InChI is InChI=1S/C26H23ClN6O.C7H5IN2.C7H6N2.CH3F.CH4/c1-15-7-25(28)32-16(2)20(15)12-31-26(34)22-14-33(24-5-6-29-11-21(22)24)13-17-3-4-23-18(8-17)9-19(27)10-30-23;8-6-4-10-7-1-2-9-3-5(6)7;1-4-9-7-2-3-8-5-6(1)7;1-2;/h3-11,14H,12-13H2,1-2H3,(H2,28,32)(H,31,34);1-4,10H;1-5,9H;1H3;1H4/i;;;1D;. The first-order valence-corrected chi connectivity index (χ1v) is 18.4. The molecule has 0 saturated carbocycles. The third kappa shape index (κ3) is 9.65. The number of nitrogens with zero attached hydrogens (tertiary/aromatic N) is 6. The first-order valence-electron chi connectivity index (χ1n) is 17.6. The fourth-order valence-corrected chi connectivity index (χ4v) is 6.89. The van der Waals surface area contributed by atoms with Crippen molar-refractivity contribution in [3.63, 3.8) is 0 Å². The summed E-state index contributed by atoms with van der Waals surface area (Å²) >= 11 is 8.40. The number of anilines is 1. The van der Waals surface area contributed by atoms with Gasteiger partial charge in [-0.05, 0) is 102 Å². The normalized spacial score (nSPS) is 10.7. The highest BCUT2D eigenvalue weighted by Gasteiger charge is 2.17. The van der Waals surface area contributed by atoms with Gasteiger partial charge in [-0.2, -0.15) is 0 Å². The predicted octanol–water partition coefficient (Wildman–Crippen LogP) is 9.76. The molecule has 14 heteroatoms. The van der Waals surface area contributed by atoms with E-state index < -0.39 is 7.15 Å². The summed E-state index contributed by atoms with van der Waals surface area (Å²) in [6.07, 6.45) is 18.1. The Labute approximate surface area is 343 Å². The smallest absolute Gasteiger partial charge is 0.253 e. The van der Waals surface area contributed by atoms with Crippen molar-refractivity contribution >= 4 is 89.5 Å². The number of nitrogen functional groups attached to an aromatic ring is 1. The quantitative estimate of drug-likeness (QED) is 0.125. The van der Waals surface area contributed by atoms with Gasteiger partial charge in [0, 0.05) is 117 Å². The molecular formula is C42H41ClFIN10O. The summed E-state index contributed by atoms with van der Waals surface area (Å²) in [4.78, 5) is 40.3. The largest absolute Gasteiger partial charge is 0.384 e. The number of carbonyl (C=O) groups is 1. The molecule has 5 N–H and O–H groups in total. The van der Waals surface area contributed by atoms with E-state index in [1.807, 2.05) is 93.4 Å². The average Bonchev–Trinajstić information content (AvgIpc) is 3.93. The van der Waals surface area contributed by atoms with Gasteiger partial charge in [-0.1, -0.05) is 25.1 Å². The van der Waals surface area contributed by atoms with Gasteiger partial charge in [0.05, 0.1) is 30.1 Å². The summed E-state index contributed by atoms with van der Waals surface area (Å²) in [5.74, 6) is 0.313. The number of amides is 1. The van der Waals surface area contributed by atoms with Crippen molar-refractivity contribution in [2.75, 3.05) is 12.9 Å². The summed E-state index contributed by atoms with van der Waals surface area (Å²) in [6.45, 7) is 4.83. The molecule has 0 unspecified atom stereocenters. The highest BCUT2D eigenvalue weighted by molar-refractivity contribution is 14.1. The van der Waals surface area contributed by atoms with Crippen molar-refractivity contribution in [3.8, 4) is 0 Å². The van der Waals surface area contributed by atoms with E-state index >= 15 is 0 Å². The molecule has 8 aromatic heterocycles. The van der Waals surface area contributed by atoms with Gasteiger partial charge in [0.15, 0.2) is 0 Å². The van der Waals surface area contributed by atoms with Crippen LogP contribution in [0.15, 0.2) is 117 Å². The van der Waals surface area contributed by atoms with Gasteiger partial charge >= 0.3 is 0 Å². The molecule has 0 saturated heterocycles. The molecule has 9 aromatic rings. The number of nitrogens with one attached hydrogen (secondary N) is 3. The average molecular weight is 884 g/mol. The minimum atomic E-state index is -1.00. The Hall–Kier alpha value is -5.93. The number of aryl methyl sites for hydroxylation is 2. The van der Waals surface area contributed by atoms with E-state index in [0.717, 1.165) is 60.6 Å². The first kappa shape index (κ1) is 39.8. The van der Waals surface area contributed by atoms with Crippen molar-refractivity contribution in [2.24, 2.45) is 0 Å². The minimum absolute atomic E-state index is 0. The van der Waals surface area contributed by atoms with Crippen LogP contribution in [0.1, 0.15) is 41.5 Å². The summed E-state index contributed by atoms with van der Waals surface area (Å²) in [5, 5.41) is 7.77. The Balaban J connectivity index is 0.000000217. The van der Waals surface area contributed by atoms with Crippen LogP contribution in [0, 0.1) is 17.4 Å². The maximum Gasteiger partial charge on any atom is 0.253 e. The topological polar surface area (TPSA) is 156 Å². The van der Waals surface area contributed by atoms with Crippen LogP contribution in [0.2, 0.25) is 5.02 Å². The Kier molecular flexibility index (Phi) is 13.6. The van der Waals surface area contributed by atoms with E-state index in [1.165, 1.54) is 8.96 Å². The van der Waals surface area contributed by atoms with Gasteiger partial charge in [0.25, 0.3) is 5.91 Å². The lowest BCUT2D eigenvalue weighted by Gasteiger charge is -2.11. The van der Waals surface area contributed by atoms with Gasteiger partial charge in [-0.15, -0.1) is 0 Å². The van der Waals surface area contributed by atoms with Gasteiger partial charge in [0.1, 0.15) is 5.82 Å². The second kappa shape index (κ2) is 19.1. The highest BCUT2D eigenvalue weighted by atomic mass is 127. The van der Waals surface area contributed by atoms with Crippen LogP contribution in [-0.4, -0.2) is 52.5 Å². The molecule has 1 aromatic carbocycles. The summed E-state index contributed by atoms with van der Waals surface area (Å²) in [5.41, 5.74) is 14.4.